The fourth-order valence-electron chi connectivity index (χ4n) is 1.62. The molecule has 0 N–H and O–H groups in total. The van der Waals surface area contributed by atoms with Gasteiger partial charge in [-0.3, -0.25) is 0 Å². The molecule has 0 aliphatic rings. The summed E-state index contributed by atoms with van der Waals surface area (Å²) in [6.07, 6.45) is 0. The summed E-state index contributed by atoms with van der Waals surface area (Å²) in [5.41, 5.74) is 4.09. The van der Waals surface area contributed by atoms with E-state index in [0.29, 0.717) is 12.5 Å². The van der Waals surface area contributed by atoms with Gasteiger partial charge >= 0.3 is 0 Å². The zero-order chi connectivity index (χ0) is 11.8. The van der Waals surface area contributed by atoms with Crippen LogP contribution in [0.2, 0.25) is 0 Å². The number of hydrogen-bond donors (Lipinski definition) is 0. The second kappa shape index (κ2) is 7.99. The summed E-state index contributed by atoms with van der Waals surface area (Å²) in [6, 6.07) is 6.71. The molecule has 0 amide bonds. The molecule has 1 nitrogen and oxygen atoms in total. The summed E-state index contributed by atoms with van der Waals surface area (Å²) in [5.74, 6) is 2.68. The van der Waals surface area contributed by atoms with Crippen molar-refractivity contribution >= 4 is 23.4 Å². The zero-order valence-corrected chi connectivity index (χ0v) is 11.5. The van der Waals surface area contributed by atoms with E-state index in [-0.39, 0.29) is 0 Å². The van der Waals surface area contributed by atoms with E-state index in [1.165, 1.54) is 16.7 Å². The van der Waals surface area contributed by atoms with Crippen LogP contribution in [0.4, 0.5) is 0 Å². The van der Waals surface area contributed by atoms with E-state index in [0.717, 1.165) is 18.1 Å². The van der Waals surface area contributed by atoms with E-state index in [4.69, 9.17) is 16.3 Å². The molecule has 0 saturated heterocycles. The van der Waals surface area contributed by atoms with Gasteiger partial charge in [0, 0.05) is 17.4 Å². The maximum Gasteiger partial charge on any atom is 0.0602 e. The minimum absolute atomic E-state index is 0.585. The van der Waals surface area contributed by atoms with E-state index in [2.05, 4.69) is 32.0 Å². The van der Waals surface area contributed by atoms with E-state index in [1.807, 2.05) is 11.8 Å². The van der Waals surface area contributed by atoms with Crippen molar-refractivity contribution in [2.24, 2.45) is 0 Å². The molecule has 90 valence electrons. The molecule has 16 heavy (non-hydrogen) atoms. The van der Waals surface area contributed by atoms with Crippen LogP contribution in [0.5, 0.6) is 0 Å². The van der Waals surface area contributed by atoms with Crippen molar-refractivity contribution in [1.29, 1.82) is 0 Å². The maximum atomic E-state index is 5.51. The molecule has 1 rings (SSSR count). The quantitative estimate of drug-likeness (QED) is 0.544. The van der Waals surface area contributed by atoms with Gasteiger partial charge in [-0.15, -0.1) is 11.6 Å². The lowest BCUT2D eigenvalue weighted by atomic mass is 10.1. The lowest BCUT2D eigenvalue weighted by Crippen LogP contribution is -2.00. The lowest BCUT2D eigenvalue weighted by Gasteiger charge is -2.05. The molecule has 0 bridgehead atoms. The number of alkyl halides is 1. The van der Waals surface area contributed by atoms with Crippen molar-refractivity contribution in [1.82, 2.24) is 0 Å². The first kappa shape index (κ1) is 13.9. The molecule has 0 atom stereocenters. The van der Waals surface area contributed by atoms with E-state index in [1.54, 1.807) is 0 Å². The van der Waals surface area contributed by atoms with Gasteiger partial charge in [0.15, 0.2) is 0 Å². The Kier molecular flexibility index (Phi) is 6.93. The number of thioether (sulfide) groups is 1. The molecule has 0 unspecified atom stereocenters. The second-order valence-electron chi connectivity index (χ2n) is 3.85. The topological polar surface area (TPSA) is 9.23 Å². The normalized spacial score (nSPS) is 10.7. The van der Waals surface area contributed by atoms with Crippen LogP contribution in [0.3, 0.4) is 0 Å². The fraction of sp³-hybridized carbons (Fsp3) is 0.538. The van der Waals surface area contributed by atoms with Crippen molar-refractivity contribution in [2.75, 3.05) is 24.8 Å². The summed E-state index contributed by atoms with van der Waals surface area (Å²) in [4.78, 5) is 0. The first-order chi connectivity index (χ1) is 7.72. The third-order valence-corrected chi connectivity index (χ3v) is 3.29. The highest BCUT2D eigenvalue weighted by Crippen LogP contribution is 2.15. The van der Waals surface area contributed by atoms with Crippen molar-refractivity contribution in [3.63, 3.8) is 0 Å². The van der Waals surface area contributed by atoms with E-state index < -0.39 is 0 Å². The Labute approximate surface area is 108 Å². The molecule has 0 spiro atoms. The van der Waals surface area contributed by atoms with Crippen molar-refractivity contribution in [3.05, 3.63) is 34.9 Å². The van der Waals surface area contributed by atoms with Gasteiger partial charge in [-0.25, -0.2) is 0 Å². The molecular formula is C13H19ClOS. The minimum Gasteiger partial charge on any atom is -0.379 e. The maximum absolute atomic E-state index is 5.51. The van der Waals surface area contributed by atoms with Gasteiger partial charge in [-0.05, 0) is 19.4 Å². The highest BCUT2D eigenvalue weighted by molar-refractivity contribution is 7.98. The molecule has 0 saturated carbocycles. The van der Waals surface area contributed by atoms with Gasteiger partial charge in [0.2, 0.25) is 0 Å². The van der Waals surface area contributed by atoms with Crippen molar-refractivity contribution in [3.8, 4) is 0 Å². The van der Waals surface area contributed by atoms with Gasteiger partial charge in [0.1, 0.15) is 0 Å². The Morgan fingerprint density at radius 1 is 1.12 bits per heavy atom. The highest BCUT2D eigenvalue weighted by atomic mass is 35.5. The molecule has 0 aromatic heterocycles. The molecular weight excluding hydrogens is 240 g/mol. The number of halogens is 1. The van der Waals surface area contributed by atoms with E-state index >= 15 is 0 Å². The number of aryl methyl sites for hydroxylation is 2. The van der Waals surface area contributed by atoms with Gasteiger partial charge in [0.05, 0.1) is 13.2 Å². The molecule has 0 fully saturated rings. The van der Waals surface area contributed by atoms with Crippen LogP contribution in [0.15, 0.2) is 18.2 Å². The highest BCUT2D eigenvalue weighted by Gasteiger charge is 1.96. The predicted octanol–water partition coefficient (Wildman–Crippen LogP) is 3.79. The standard InChI is InChI=1S/C13H19ClOS/c1-11-7-12(2)9-13(8-11)10-16-6-5-15-4-3-14/h7-9H,3-6,10H2,1-2H3. The average Bonchev–Trinajstić information content (AvgIpc) is 2.22. The minimum atomic E-state index is 0.585. The second-order valence-corrected chi connectivity index (χ2v) is 5.33. The molecule has 1 aromatic carbocycles. The predicted molar refractivity (Wildman–Crippen MR) is 73.6 cm³/mol. The number of ether oxygens (including phenoxy) is 1. The Morgan fingerprint density at radius 3 is 2.44 bits per heavy atom. The first-order valence-corrected chi connectivity index (χ1v) is 7.20. The van der Waals surface area contributed by atoms with Crippen LogP contribution >= 0.6 is 23.4 Å². The van der Waals surface area contributed by atoms with Gasteiger partial charge < -0.3 is 4.74 Å². The first-order valence-electron chi connectivity index (χ1n) is 5.51. The van der Waals surface area contributed by atoms with Gasteiger partial charge in [-0.1, -0.05) is 29.3 Å². The zero-order valence-electron chi connectivity index (χ0n) is 9.96. The summed E-state index contributed by atoms with van der Waals surface area (Å²) in [6.45, 7) is 5.74. The average molecular weight is 259 g/mol. The van der Waals surface area contributed by atoms with Gasteiger partial charge in [0.25, 0.3) is 0 Å². The van der Waals surface area contributed by atoms with Crippen LogP contribution in [-0.2, 0) is 10.5 Å². The largest absolute Gasteiger partial charge is 0.379 e. The molecule has 3 heteroatoms. The number of hydrogen-bond acceptors (Lipinski definition) is 2. The molecule has 0 radical (unpaired) electrons. The third kappa shape index (κ3) is 5.78. The summed E-state index contributed by atoms with van der Waals surface area (Å²) < 4.78 is 5.32. The Morgan fingerprint density at radius 2 is 1.81 bits per heavy atom. The van der Waals surface area contributed by atoms with Crippen LogP contribution in [-0.4, -0.2) is 24.8 Å². The Bertz CT molecular complexity index is 295. The van der Waals surface area contributed by atoms with Gasteiger partial charge in [-0.2, -0.15) is 11.8 Å². The summed E-state index contributed by atoms with van der Waals surface area (Å²) >= 11 is 7.42. The fourth-order valence-corrected chi connectivity index (χ4v) is 2.51. The van der Waals surface area contributed by atoms with Crippen LogP contribution in [0.1, 0.15) is 16.7 Å². The Hall–Kier alpha value is -0.180. The summed E-state index contributed by atoms with van der Waals surface area (Å²) in [5, 5.41) is 0. The smallest absolute Gasteiger partial charge is 0.0602 e. The van der Waals surface area contributed by atoms with Crippen molar-refractivity contribution in [2.45, 2.75) is 19.6 Å². The molecule has 0 aliphatic heterocycles. The number of rotatable bonds is 7. The van der Waals surface area contributed by atoms with Crippen LogP contribution < -0.4 is 0 Å². The Balaban J connectivity index is 2.21. The number of benzene rings is 1. The molecule has 1 aromatic rings. The van der Waals surface area contributed by atoms with Crippen LogP contribution in [0, 0.1) is 13.8 Å². The van der Waals surface area contributed by atoms with Crippen molar-refractivity contribution < 1.29 is 4.74 Å². The lowest BCUT2D eigenvalue weighted by molar-refractivity contribution is 0.166. The molecule has 0 aliphatic carbocycles. The monoisotopic (exact) mass is 258 g/mol. The van der Waals surface area contributed by atoms with Crippen LogP contribution in [0.25, 0.3) is 0 Å². The van der Waals surface area contributed by atoms with E-state index in [9.17, 15) is 0 Å². The molecule has 0 heterocycles. The SMILES string of the molecule is Cc1cc(C)cc(CSCCOCCCl)c1. The third-order valence-electron chi connectivity index (χ3n) is 2.14. The summed E-state index contributed by atoms with van der Waals surface area (Å²) in [7, 11) is 0.